The van der Waals surface area contributed by atoms with E-state index in [4.69, 9.17) is 37.9 Å². The van der Waals surface area contributed by atoms with Gasteiger partial charge in [0.2, 0.25) is 0 Å². The minimum absolute atomic E-state index is 0.00587. The molecule has 23 atom stereocenters. The summed E-state index contributed by atoms with van der Waals surface area (Å²) in [7, 11) is 0. The molecule has 0 aromatic carbocycles. The van der Waals surface area contributed by atoms with Gasteiger partial charge in [0, 0.05) is 18.4 Å². The number of allylic oxidation sites excluding steroid dienone is 1. The van der Waals surface area contributed by atoms with Crippen molar-refractivity contribution in [1.82, 2.24) is 0 Å². The van der Waals surface area contributed by atoms with E-state index in [9.17, 15) is 76.3 Å². The third-order valence-electron chi connectivity index (χ3n) is 14.3. The molecule has 0 bridgehead atoms. The molecule has 374 valence electrons. The number of aliphatic hydroxyl groups excluding tert-OH is 14. The van der Waals surface area contributed by atoms with Crippen LogP contribution in [0.25, 0.3) is 0 Å². The average Bonchev–Trinajstić information content (AvgIpc) is 3.27. The largest absolute Gasteiger partial charge is 0.454 e. The molecule has 23 nitrogen and oxygen atoms in total. The van der Waals surface area contributed by atoms with E-state index in [0.717, 1.165) is 0 Å². The van der Waals surface area contributed by atoms with Crippen molar-refractivity contribution in [2.75, 3.05) is 13.2 Å². The van der Waals surface area contributed by atoms with Crippen molar-refractivity contribution in [3.63, 3.8) is 0 Å². The van der Waals surface area contributed by atoms with Crippen molar-refractivity contribution in [2.24, 2.45) is 17.8 Å². The highest BCUT2D eigenvalue weighted by molar-refractivity contribution is 5.82. The SMILES string of the molecule is C[C@@H]1O[C@@H](OC[C@H]2O[C@@H](OC3CC4C(CC(O)CC4O[C@@H]4O[C@H](CO)[C@@H](O)[C@H](O)[C@H]4O)OC3C3CC(O)C(O)C(O)C3)[C@H](O)[C@@H](O)[C@@H]2O)[C@H](O)[C@H](O)[C@H]1OC(=O)C=CC1CCC(O)CC1. The molecular formula is C42H68O23. The molecule has 23 heteroatoms. The maximum Gasteiger partial charge on any atom is 0.330 e. The number of carbonyl (C=O) groups is 1. The molecule has 65 heavy (non-hydrogen) atoms. The zero-order valence-corrected chi connectivity index (χ0v) is 36.0. The Kier molecular flexibility index (Phi) is 17.3. The van der Waals surface area contributed by atoms with Crippen LogP contribution in [0.1, 0.15) is 64.7 Å². The van der Waals surface area contributed by atoms with Crippen LogP contribution in [0.15, 0.2) is 12.2 Å². The Labute approximate surface area is 374 Å². The molecule has 0 radical (unpaired) electrons. The Morgan fingerprint density at radius 3 is 1.80 bits per heavy atom. The lowest BCUT2D eigenvalue weighted by Gasteiger charge is -2.53. The first-order valence-electron chi connectivity index (χ1n) is 22.7. The number of esters is 1. The van der Waals surface area contributed by atoms with Gasteiger partial charge >= 0.3 is 5.97 Å². The molecule has 3 aliphatic carbocycles. The second-order valence-corrected chi connectivity index (χ2v) is 18.9. The molecule has 0 spiro atoms. The van der Waals surface area contributed by atoms with E-state index in [2.05, 4.69) is 0 Å². The van der Waals surface area contributed by atoms with Crippen molar-refractivity contribution < 1.29 is 114 Å². The monoisotopic (exact) mass is 940 g/mol. The molecule has 7 rings (SSSR count). The molecular weight excluding hydrogens is 872 g/mol. The van der Waals surface area contributed by atoms with Crippen LogP contribution >= 0.6 is 0 Å². The lowest BCUT2D eigenvalue weighted by Crippen LogP contribution is -2.64. The van der Waals surface area contributed by atoms with Crippen LogP contribution in [0, 0.1) is 17.8 Å². The third kappa shape index (κ3) is 11.5. The number of carbonyl (C=O) groups excluding carboxylic acids is 1. The van der Waals surface area contributed by atoms with Crippen molar-refractivity contribution in [3.05, 3.63) is 12.2 Å². The van der Waals surface area contributed by atoms with Crippen molar-refractivity contribution >= 4 is 5.97 Å². The van der Waals surface area contributed by atoms with E-state index in [1.165, 1.54) is 13.0 Å². The molecule has 7 aliphatic rings. The van der Waals surface area contributed by atoms with Crippen LogP contribution in [-0.4, -0.2) is 238 Å². The highest BCUT2D eigenvalue weighted by Gasteiger charge is 2.55. The maximum absolute atomic E-state index is 12.6. The first kappa shape index (κ1) is 51.2. The summed E-state index contributed by atoms with van der Waals surface area (Å²) >= 11 is 0. The molecule has 3 saturated carbocycles. The first-order chi connectivity index (χ1) is 30.8. The van der Waals surface area contributed by atoms with Gasteiger partial charge < -0.3 is 109 Å². The van der Waals surface area contributed by atoms with Crippen molar-refractivity contribution in [1.29, 1.82) is 0 Å². The van der Waals surface area contributed by atoms with Gasteiger partial charge in [0.25, 0.3) is 0 Å². The molecule has 7 fully saturated rings. The Bertz CT molecular complexity index is 1540. The summed E-state index contributed by atoms with van der Waals surface area (Å²) in [5, 5.41) is 149. The van der Waals surface area contributed by atoms with Crippen LogP contribution in [-0.2, 0) is 42.7 Å². The van der Waals surface area contributed by atoms with E-state index in [-0.39, 0.29) is 44.1 Å². The number of hydrogen-bond acceptors (Lipinski definition) is 23. The molecule has 0 aromatic heterocycles. The third-order valence-corrected chi connectivity index (χ3v) is 14.3. The summed E-state index contributed by atoms with van der Waals surface area (Å²) < 4.78 is 47.6. The lowest BCUT2D eigenvalue weighted by atomic mass is 9.72. The van der Waals surface area contributed by atoms with Crippen LogP contribution in [0.2, 0.25) is 0 Å². The predicted molar refractivity (Wildman–Crippen MR) is 212 cm³/mol. The summed E-state index contributed by atoms with van der Waals surface area (Å²) in [4.78, 5) is 12.6. The summed E-state index contributed by atoms with van der Waals surface area (Å²) in [6.45, 7) is 0.168. The Morgan fingerprint density at radius 2 is 1.17 bits per heavy atom. The van der Waals surface area contributed by atoms with Crippen LogP contribution in [0.4, 0.5) is 0 Å². The predicted octanol–water partition coefficient (Wildman–Crippen LogP) is -5.71. The van der Waals surface area contributed by atoms with Gasteiger partial charge in [-0.2, -0.15) is 0 Å². The van der Waals surface area contributed by atoms with Crippen molar-refractivity contribution in [3.8, 4) is 0 Å². The summed E-state index contributed by atoms with van der Waals surface area (Å²) in [5.74, 6) is -2.05. The molecule has 0 amide bonds. The zero-order chi connectivity index (χ0) is 47.0. The molecule has 4 heterocycles. The van der Waals surface area contributed by atoms with Gasteiger partial charge in [-0.05, 0) is 70.1 Å². The fourth-order valence-corrected chi connectivity index (χ4v) is 10.5. The van der Waals surface area contributed by atoms with Gasteiger partial charge in [0.15, 0.2) is 25.0 Å². The average molecular weight is 941 g/mol. The smallest absolute Gasteiger partial charge is 0.330 e. The second-order valence-electron chi connectivity index (χ2n) is 18.9. The Morgan fingerprint density at radius 1 is 0.585 bits per heavy atom. The second kappa shape index (κ2) is 22.0. The van der Waals surface area contributed by atoms with Crippen LogP contribution in [0.5, 0.6) is 0 Å². The van der Waals surface area contributed by atoms with Gasteiger partial charge in [0.1, 0.15) is 67.1 Å². The van der Waals surface area contributed by atoms with E-state index < -0.39 is 172 Å². The van der Waals surface area contributed by atoms with Gasteiger partial charge in [-0.15, -0.1) is 0 Å². The Hall–Kier alpha value is -1.63. The minimum atomic E-state index is -1.89. The molecule has 4 aliphatic heterocycles. The number of hydrogen-bond donors (Lipinski definition) is 14. The van der Waals surface area contributed by atoms with Crippen molar-refractivity contribution in [2.45, 2.75) is 212 Å². The highest BCUT2D eigenvalue weighted by atomic mass is 16.7. The van der Waals surface area contributed by atoms with Crippen LogP contribution < -0.4 is 0 Å². The van der Waals surface area contributed by atoms with E-state index in [1.54, 1.807) is 6.08 Å². The van der Waals surface area contributed by atoms with Crippen LogP contribution in [0.3, 0.4) is 0 Å². The highest BCUT2D eigenvalue weighted by Crippen LogP contribution is 2.45. The molecule has 8 unspecified atom stereocenters. The molecule has 0 aromatic rings. The van der Waals surface area contributed by atoms with E-state index in [1.807, 2.05) is 0 Å². The summed E-state index contributed by atoms with van der Waals surface area (Å²) in [6, 6.07) is 0. The van der Waals surface area contributed by atoms with Gasteiger partial charge in [0.05, 0.1) is 68.1 Å². The molecule has 4 saturated heterocycles. The fraction of sp³-hybridized carbons (Fsp3) is 0.929. The van der Waals surface area contributed by atoms with E-state index in [0.29, 0.717) is 25.7 Å². The molecule has 14 N–H and O–H groups in total. The zero-order valence-electron chi connectivity index (χ0n) is 36.0. The van der Waals surface area contributed by atoms with Gasteiger partial charge in [-0.1, -0.05) is 6.08 Å². The standard InChI is InChI=1S/C42H68O23/c1-15-38(65-28(48)7-4-16-2-5-18(44)6-3-16)34(54)37(57)40(59-15)58-14-27-31(51)33(53)36(56)42(64-27)62-25-12-20-23(60-39(25)17-8-21(46)29(49)22(47)9-17)10-19(45)11-24(20)61-41-35(55)32(52)30(50)26(13-43)63-41/h4,7,15-27,29-47,49-57H,2-3,5-6,8-14H2,1H3/t15-,16?,17?,18?,19?,20?,21?,22?,23?,24?,25?,26+,27+,29?,30+,31+,32-,33-,34-,35+,36+,37+,38-,39?,40+,41+,42+/m0/s1. The number of fused-ring (bicyclic) bond motifs is 1. The first-order valence-corrected chi connectivity index (χ1v) is 22.7. The van der Waals surface area contributed by atoms with Gasteiger partial charge in [-0.3, -0.25) is 0 Å². The number of rotatable bonds is 12. The number of ether oxygens (including phenoxy) is 8. The summed E-state index contributed by atoms with van der Waals surface area (Å²) in [6.07, 6.45) is -27.9. The Balaban J connectivity index is 1.02. The van der Waals surface area contributed by atoms with E-state index >= 15 is 0 Å². The maximum atomic E-state index is 12.6. The number of aliphatic hydroxyl groups is 14. The quantitative estimate of drug-likeness (QED) is 0.0640. The topological polar surface area (TPSA) is 374 Å². The lowest BCUT2D eigenvalue weighted by molar-refractivity contribution is -0.352. The normalized spacial score (nSPS) is 52.2. The minimum Gasteiger partial charge on any atom is -0.454 e. The summed E-state index contributed by atoms with van der Waals surface area (Å²) in [5.41, 5.74) is 0. The van der Waals surface area contributed by atoms with Gasteiger partial charge in [-0.25, -0.2) is 4.79 Å². The fourth-order valence-electron chi connectivity index (χ4n) is 10.5.